The smallest absolute Gasteiger partial charge is 0.0698 e. The van der Waals surface area contributed by atoms with Crippen molar-refractivity contribution in [3.05, 3.63) is 41.5 Å². The lowest BCUT2D eigenvalue weighted by molar-refractivity contribution is 0.244. The van der Waals surface area contributed by atoms with Gasteiger partial charge in [0, 0.05) is 0 Å². The number of benzene rings is 1. The quantitative estimate of drug-likeness (QED) is 0.764. The van der Waals surface area contributed by atoms with Crippen molar-refractivity contribution in [2.45, 2.75) is 64.4 Å². The zero-order valence-corrected chi connectivity index (χ0v) is 12.2. The van der Waals surface area contributed by atoms with Crippen molar-refractivity contribution in [1.29, 1.82) is 0 Å². The second-order valence-corrected chi connectivity index (χ2v) is 5.90. The van der Waals surface area contributed by atoms with Crippen molar-refractivity contribution < 1.29 is 5.11 Å². The van der Waals surface area contributed by atoms with Gasteiger partial charge in [0.1, 0.15) is 0 Å². The summed E-state index contributed by atoms with van der Waals surface area (Å²) < 4.78 is 0. The molecule has 1 nitrogen and oxygen atoms in total. The third-order valence-electron chi connectivity index (χ3n) is 4.18. The van der Waals surface area contributed by atoms with Gasteiger partial charge in [0.2, 0.25) is 0 Å². The summed E-state index contributed by atoms with van der Waals surface area (Å²) in [4.78, 5) is 0. The van der Waals surface area contributed by atoms with Gasteiger partial charge in [-0.05, 0) is 49.3 Å². The highest BCUT2D eigenvalue weighted by Crippen LogP contribution is 2.32. The molecule has 104 valence electrons. The van der Waals surface area contributed by atoms with Crippen LogP contribution in [0.2, 0.25) is 0 Å². The average molecular weight is 258 g/mol. The molecule has 2 rings (SSSR count). The summed E-state index contributed by atoms with van der Waals surface area (Å²) in [5.41, 5.74) is 3.87. The Labute approximate surface area is 117 Å². The molecule has 1 aromatic carbocycles. The first-order chi connectivity index (χ1) is 9.16. The standard InChI is InChI=1S/C18H26O/c1-14(13-15(2)19)16-9-11-18(12-10-16)17-7-5-3-4-6-8-17/h9-13,15,17,19H,3-8H2,1-2H3/b14-13+. The maximum absolute atomic E-state index is 9.40. The van der Waals surface area contributed by atoms with Crippen molar-refractivity contribution in [3.8, 4) is 0 Å². The predicted octanol–water partition coefficient (Wildman–Crippen LogP) is 4.91. The van der Waals surface area contributed by atoms with Gasteiger partial charge in [-0.15, -0.1) is 0 Å². The zero-order valence-electron chi connectivity index (χ0n) is 12.2. The molecule has 1 aliphatic carbocycles. The van der Waals surface area contributed by atoms with Gasteiger partial charge in [0.25, 0.3) is 0 Å². The van der Waals surface area contributed by atoms with Gasteiger partial charge in [0.05, 0.1) is 6.10 Å². The second kappa shape index (κ2) is 6.91. The monoisotopic (exact) mass is 258 g/mol. The third-order valence-corrected chi connectivity index (χ3v) is 4.18. The molecule has 0 bridgehead atoms. The molecular weight excluding hydrogens is 232 g/mol. The van der Waals surface area contributed by atoms with Crippen molar-refractivity contribution >= 4 is 5.57 Å². The molecule has 0 radical (unpaired) electrons. The Morgan fingerprint density at radius 3 is 2.21 bits per heavy atom. The van der Waals surface area contributed by atoms with Gasteiger partial charge < -0.3 is 5.11 Å². The first kappa shape index (κ1) is 14.3. The topological polar surface area (TPSA) is 20.2 Å². The van der Waals surface area contributed by atoms with E-state index in [2.05, 4.69) is 31.2 Å². The lowest BCUT2D eigenvalue weighted by Gasteiger charge is -2.15. The van der Waals surface area contributed by atoms with Gasteiger partial charge in [-0.25, -0.2) is 0 Å². The van der Waals surface area contributed by atoms with Crippen LogP contribution in [0.3, 0.4) is 0 Å². The molecule has 0 amide bonds. The highest BCUT2D eigenvalue weighted by Gasteiger charge is 2.14. The summed E-state index contributed by atoms with van der Waals surface area (Å²) in [6.45, 7) is 3.86. The minimum absolute atomic E-state index is 0.374. The zero-order chi connectivity index (χ0) is 13.7. The number of hydrogen-bond donors (Lipinski definition) is 1. The first-order valence-corrected chi connectivity index (χ1v) is 7.63. The Bertz CT molecular complexity index is 406. The maximum atomic E-state index is 9.40. The van der Waals surface area contributed by atoms with Crippen LogP contribution in [0.25, 0.3) is 5.57 Å². The van der Waals surface area contributed by atoms with E-state index in [-0.39, 0.29) is 6.10 Å². The van der Waals surface area contributed by atoms with E-state index in [9.17, 15) is 5.11 Å². The van der Waals surface area contributed by atoms with Gasteiger partial charge in [0.15, 0.2) is 0 Å². The molecule has 1 heteroatoms. The molecule has 1 fully saturated rings. The van der Waals surface area contributed by atoms with Crippen LogP contribution in [0, 0.1) is 0 Å². The fraction of sp³-hybridized carbons (Fsp3) is 0.556. The fourth-order valence-electron chi connectivity index (χ4n) is 3.09. The van der Waals surface area contributed by atoms with Gasteiger partial charge in [-0.1, -0.05) is 56.0 Å². The molecule has 19 heavy (non-hydrogen) atoms. The minimum Gasteiger partial charge on any atom is -0.389 e. The number of aliphatic hydroxyl groups excluding tert-OH is 1. The molecule has 0 aliphatic heterocycles. The van der Waals surface area contributed by atoms with Crippen LogP contribution in [-0.2, 0) is 0 Å². The van der Waals surface area contributed by atoms with Crippen LogP contribution >= 0.6 is 0 Å². The summed E-state index contributed by atoms with van der Waals surface area (Å²) in [7, 11) is 0. The van der Waals surface area contributed by atoms with E-state index in [1.54, 1.807) is 6.92 Å². The maximum Gasteiger partial charge on any atom is 0.0698 e. The van der Waals surface area contributed by atoms with Crippen molar-refractivity contribution in [1.82, 2.24) is 0 Å². The van der Waals surface area contributed by atoms with E-state index in [4.69, 9.17) is 0 Å². The van der Waals surface area contributed by atoms with E-state index in [1.165, 1.54) is 49.7 Å². The lowest BCUT2D eigenvalue weighted by Crippen LogP contribution is -1.98. The number of hydrogen-bond acceptors (Lipinski definition) is 1. The van der Waals surface area contributed by atoms with Gasteiger partial charge >= 0.3 is 0 Å². The summed E-state index contributed by atoms with van der Waals surface area (Å²) in [6.07, 6.45) is 9.81. The first-order valence-electron chi connectivity index (χ1n) is 7.63. The molecule has 1 aliphatic rings. The number of allylic oxidation sites excluding steroid dienone is 1. The molecule has 0 aromatic heterocycles. The third kappa shape index (κ3) is 4.21. The molecule has 0 spiro atoms. The molecule has 1 N–H and O–H groups in total. The molecule has 1 atom stereocenters. The Balaban J connectivity index is 2.09. The predicted molar refractivity (Wildman–Crippen MR) is 82.2 cm³/mol. The second-order valence-electron chi connectivity index (χ2n) is 5.90. The molecule has 1 unspecified atom stereocenters. The summed E-state index contributed by atoms with van der Waals surface area (Å²) in [6, 6.07) is 8.97. The minimum atomic E-state index is -0.374. The molecule has 0 heterocycles. The molecule has 1 aromatic rings. The number of rotatable bonds is 3. The Kier molecular flexibility index (Phi) is 5.21. The van der Waals surface area contributed by atoms with Crippen LogP contribution in [0.1, 0.15) is 69.4 Å². The average Bonchev–Trinajstić information content (AvgIpc) is 2.67. The van der Waals surface area contributed by atoms with Gasteiger partial charge in [-0.2, -0.15) is 0 Å². The SMILES string of the molecule is C/C(=C\C(C)O)c1ccc(C2CCCCCC2)cc1. The van der Waals surface area contributed by atoms with Gasteiger partial charge in [-0.3, -0.25) is 0 Å². The summed E-state index contributed by atoms with van der Waals surface area (Å²) in [5.74, 6) is 0.762. The van der Waals surface area contributed by atoms with E-state index in [1.807, 2.05) is 6.08 Å². The van der Waals surface area contributed by atoms with Crippen molar-refractivity contribution in [2.75, 3.05) is 0 Å². The van der Waals surface area contributed by atoms with Crippen LogP contribution in [-0.4, -0.2) is 11.2 Å². The highest BCUT2D eigenvalue weighted by molar-refractivity contribution is 5.64. The van der Waals surface area contributed by atoms with E-state index in [0.29, 0.717) is 0 Å². The Morgan fingerprint density at radius 1 is 1.11 bits per heavy atom. The van der Waals surface area contributed by atoms with E-state index >= 15 is 0 Å². The van der Waals surface area contributed by atoms with Crippen LogP contribution in [0.15, 0.2) is 30.3 Å². The van der Waals surface area contributed by atoms with E-state index in [0.717, 1.165) is 11.5 Å². The molecular formula is C18H26O. The normalized spacial score (nSPS) is 20.1. The van der Waals surface area contributed by atoms with Crippen LogP contribution in [0.5, 0.6) is 0 Å². The fourth-order valence-corrected chi connectivity index (χ4v) is 3.09. The summed E-state index contributed by atoms with van der Waals surface area (Å²) in [5, 5.41) is 9.40. The van der Waals surface area contributed by atoms with Crippen molar-refractivity contribution in [2.24, 2.45) is 0 Å². The largest absolute Gasteiger partial charge is 0.389 e. The van der Waals surface area contributed by atoms with Crippen molar-refractivity contribution in [3.63, 3.8) is 0 Å². The summed E-state index contributed by atoms with van der Waals surface area (Å²) >= 11 is 0. The molecule has 0 saturated heterocycles. The van der Waals surface area contributed by atoms with Crippen LogP contribution < -0.4 is 0 Å². The van der Waals surface area contributed by atoms with Crippen LogP contribution in [0.4, 0.5) is 0 Å². The molecule has 1 saturated carbocycles. The highest BCUT2D eigenvalue weighted by atomic mass is 16.3. The van der Waals surface area contributed by atoms with E-state index < -0.39 is 0 Å². The lowest BCUT2D eigenvalue weighted by atomic mass is 9.90. The number of aliphatic hydroxyl groups is 1. The Morgan fingerprint density at radius 2 is 1.68 bits per heavy atom. The Hall–Kier alpha value is -1.08.